The number of fused-ring (bicyclic) bond motifs is 1. The molecule has 0 amide bonds. The molecule has 0 saturated heterocycles. The molecule has 1 heterocycles. The van der Waals surface area contributed by atoms with Crippen LogP contribution in [0.3, 0.4) is 0 Å². The van der Waals surface area contributed by atoms with Crippen LogP contribution < -0.4 is 5.73 Å². The van der Waals surface area contributed by atoms with Crippen LogP contribution in [-0.2, 0) is 17.6 Å². The van der Waals surface area contributed by atoms with Gasteiger partial charge in [0.05, 0.1) is 11.4 Å². The van der Waals surface area contributed by atoms with Crippen LogP contribution in [0.5, 0.6) is 5.75 Å². The molecule has 3 N–H and O–H groups in total. The molecule has 2 aromatic rings. The van der Waals surface area contributed by atoms with E-state index in [9.17, 15) is 5.11 Å². The van der Waals surface area contributed by atoms with Crippen LogP contribution in [0.2, 0.25) is 0 Å². The number of aryl methyl sites for hydroxylation is 1. The minimum Gasteiger partial charge on any atom is -0.508 e. The maximum Gasteiger partial charge on any atom is 0.115 e. The highest BCUT2D eigenvalue weighted by Crippen LogP contribution is 2.37. The molecule has 1 atom stereocenters. The molecule has 1 aliphatic carbocycles. The molecule has 0 aliphatic heterocycles. The molecule has 26 heavy (non-hydrogen) atoms. The quantitative estimate of drug-likeness (QED) is 0.834. The van der Waals surface area contributed by atoms with E-state index in [4.69, 9.17) is 15.5 Å². The number of carbonyl (C=O) groups excluding carboxylic acids is 1. The third-order valence-corrected chi connectivity index (χ3v) is 5.00. The summed E-state index contributed by atoms with van der Waals surface area (Å²) in [7, 11) is 0. The lowest BCUT2D eigenvalue weighted by atomic mass is 9.71. The summed E-state index contributed by atoms with van der Waals surface area (Å²) in [5.74, 6) is 0.955. The molecule has 0 bridgehead atoms. The van der Waals surface area contributed by atoms with E-state index in [1.165, 1.54) is 17.7 Å². The largest absolute Gasteiger partial charge is 0.508 e. The fourth-order valence-corrected chi connectivity index (χ4v) is 3.33. The number of carbonyl (C=O) groups is 1. The van der Waals surface area contributed by atoms with Crippen LogP contribution in [0.1, 0.15) is 49.7 Å². The molecule has 1 unspecified atom stereocenters. The molecule has 0 radical (unpaired) electrons. The Morgan fingerprint density at radius 1 is 1.19 bits per heavy atom. The first-order chi connectivity index (χ1) is 12.3. The average Bonchev–Trinajstić information content (AvgIpc) is 2.62. The van der Waals surface area contributed by atoms with E-state index in [1.54, 1.807) is 12.1 Å². The van der Waals surface area contributed by atoms with Gasteiger partial charge in [0.15, 0.2) is 0 Å². The van der Waals surface area contributed by atoms with Gasteiger partial charge in [0.1, 0.15) is 12.5 Å². The van der Waals surface area contributed by atoms with Gasteiger partial charge in [0, 0.05) is 5.69 Å². The van der Waals surface area contributed by atoms with Crippen LogP contribution in [0.25, 0.3) is 12.2 Å². The summed E-state index contributed by atoms with van der Waals surface area (Å²) >= 11 is 0. The Hall–Kier alpha value is -2.62. The van der Waals surface area contributed by atoms with Gasteiger partial charge in [-0.05, 0) is 66.0 Å². The molecule has 1 aliphatic rings. The average molecular weight is 352 g/mol. The van der Waals surface area contributed by atoms with Gasteiger partial charge in [0.2, 0.25) is 0 Å². The van der Waals surface area contributed by atoms with Crippen LogP contribution in [0, 0.1) is 11.3 Å². The van der Waals surface area contributed by atoms with Gasteiger partial charge < -0.3 is 15.6 Å². The van der Waals surface area contributed by atoms with Crippen molar-refractivity contribution in [2.24, 2.45) is 11.3 Å². The fourth-order valence-electron chi connectivity index (χ4n) is 3.33. The lowest BCUT2D eigenvalue weighted by Gasteiger charge is -2.34. The first-order valence-electron chi connectivity index (χ1n) is 8.87. The topological polar surface area (TPSA) is 76.2 Å². The first-order valence-corrected chi connectivity index (χ1v) is 8.87. The van der Waals surface area contributed by atoms with Crippen molar-refractivity contribution in [2.75, 3.05) is 5.73 Å². The lowest BCUT2D eigenvalue weighted by Crippen LogP contribution is -2.27. The number of hydrogen-bond acceptors (Lipinski definition) is 4. The summed E-state index contributed by atoms with van der Waals surface area (Å²) in [6.07, 6.45) is 7.22. The monoisotopic (exact) mass is 352 g/mol. The van der Waals surface area contributed by atoms with Gasteiger partial charge in [-0.25, -0.2) is 0 Å². The van der Waals surface area contributed by atoms with E-state index in [-0.39, 0.29) is 5.75 Å². The van der Waals surface area contributed by atoms with Crippen molar-refractivity contribution in [3.63, 3.8) is 0 Å². The molecular formula is C22H28N2O2. The normalized spacial score (nSPS) is 16.7. The lowest BCUT2D eigenvalue weighted by molar-refractivity contribution is -0.0979. The van der Waals surface area contributed by atoms with E-state index in [0.29, 0.717) is 11.3 Å². The van der Waals surface area contributed by atoms with Gasteiger partial charge in [-0.15, -0.1) is 0 Å². The van der Waals surface area contributed by atoms with Crippen molar-refractivity contribution in [1.29, 1.82) is 0 Å². The Bertz CT molecular complexity index is 774. The van der Waals surface area contributed by atoms with Gasteiger partial charge in [-0.3, -0.25) is 4.98 Å². The number of pyridine rings is 1. The van der Waals surface area contributed by atoms with Crippen molar-refractivity contribution in [3.05, 3.63) is 52.8 Å². The summed E-state index contributed by atoms with van der Waals surface area (Å²) < 4.78 is 0. The van der Waals surface area contributed by atoms with E-state index in [0.717, 1.165) is 29.8 Å². The molecular weight excluding hydrogens is 324 g/mol. The number of phenols is 1. The molecule has 138 valence electrons. The van der Waals surface area contributed by atoms with Crippen molar-refractivity contribution in [1.82, 2.24) is 4.98 Å². The minimum absolute atomic E-state index is 0.270. The highest BCUT2D eigenvalue weighted by molar-refractivity contribution is 5.74. The first kappa shape index (κ1) is 19.7. The Morgan fingerprint density at radius 3 is 2.46 bits per heavy atom. The van der Waals surface area contributed by atoms with Gasteiger partial charge in [-0.2, -0.15) is 0 Å². The number of phenolic OH excluding ortho intramolecular Hbond substituents is 1. The number of aromatic nitrogens is 1. The Balaban J connectivity index is 0.00000117. The number of nitrogens with two attached hydrogens (primary N) is 1. The molecule has 0 spiro atoms. The van der Waals surface area contributed by atoms with Crippen LogP contribution in [0.4, 0.5) is 5.69 Å². The molecule has 0 saturated carbocycles. The molecule has 4 heteroatoms. The molecule has 1 aromatic heterocycles. The van der Waals surface area contributed by atoms with E-state index in [1.807, 2.05) is 31.1 Å². The number of benzene rings is 1. The van der Waals surface area contributed by atoms with Gasteiger partial charge in [0.25, 0.3) is 0 Å². The van der Waals surface area contributed by atoms with Gasteiger partial charge >= 0.3 is 0 Å². The number of aromatic hydroxyl groups is 1. The standard InChI is InChI=1S/C21H26N2O.CH2O/c1-21(2,3)16-7-11-19-15(12-16)13-18(22)20(23-19)10-6-14-4-8-17(24)9-5-14;1-2/h4-6,8-10,13,16,24H,7,11-12,22H2,1-3H3;1H2/b10-6+;. The third kappa shape index (κ3) is 4.72. The summed E-state index contributed by atoms with van der Waals surface area (Å²) in [4.78, 5) is 12.8. The number of nitrogens with zero attached hydrogens (tertiary/aromatic N) is 1. The fraction of sp³-hybridized carbons (Fsp3) is 0.364. The second-order valence-electron chi connectivity index (χ2n) is 7.80. The maximum atomic E-state index is 9.34. The summed E-state index contributed by atoms with van der Waals surface area (Å²) in [6.45, 7) is 8.94. The predicted octanol–water partition coefficient (Wildman–Crippen LogP) is 4.51. The van der Waals surface area contributed by atoms with E-state index < -0.39 is 0 Å². The van der Waals surface area contributed by atoms with Crippen LogP contribution >= 0.6 is 0 Å². The number of nitrogen functional groups attached to an aromatic ring is 1. The Labute approximate surface area is 155 Å². The highest BCUT2D eigenvalue weighted by Gasteiger charge is 2.29. The van der Waals surface area contributed by atoms with Crippen molar-refractivity contribution in [2.45, 2.75) is 40.0 Å². The van der Waals surface area contributed by atoms with Gasteiger partial charge in [-0.1, -0.05) is 39.0 Å². The van der Waals surface area contributed by atoms with Crippen LogP contribution in [0.15, 0.2) is 30.3 Å². The second kappa shape index (κ2) is 8.17. The predicted molar refractivity (Wildman–Crippen MR) is 108 cm³/mol. The zero-order valence-corrected chi connectivity index (χ0v) is 15.8. The van der Waals surface area contributed by atoms with E-state index in [2.05, 4.69) is 26.8 Å². The number of hydrogen-bond donors (Lipinski definition) is 2. The highest BCUT2D eigenvalue weighted by atomic mass is 16.3. The number of anilines is 1. The van der Waals surface area contributed by atoms with Crippen molar-refractivity contribution >= 4 is 24.6 Å². The second-order valence-corrected chi connectivity index (χ2v) is 7.80. The SMILES string of the molecule is C=O.CC(C)(C)C1CCc2nc(/C=C/c3ccc(O)cc3)c(N)cc2C1. The van der Waals surface area contributed by atoms with Crippen LogP contribution in [-0.4, -0.2) is 16.9 Å². The zero-order valence-electron chi connectivity index (χ0n) is 15.8. The summed E-state index contributed by atoms with van der Waals surface area (Å²) in [6, 6.07) is 9.20. The summed E-state index contributed by atoms with van der Waals surface area (Å²) in [5.41, 5.74) is 11.6. The van der Waals surface area contributed by atoms with E-state index >= 15 is 0 Å². The Morgan fingerprint density at radius 2 is 1.85 bits per heavy atom. The molecule has 4 nitrogen and oxygen atoms in total. The van der Waals surface area contributed by atoms with Crippen molar-refractivity contribution < 1.29 is 9.90 Å². The zero-order chi connectivity index (χ0) is 19.3. The molecule has 0 fully saturated rings. The third-order valence-electron chi connectivity index (χ3n) is 5.00. The number of rotatable bonds is 2. The molecule has 1 aromatic carbocycles. The summed E-state index contributed by atoms with van der Waals surface area (Å²) in [5, 5.41) is 9.34. The Kier molecular flexibility index (Phi) is 6.19. The maximum absolute atomic E-state index is 9.34. The van der Waals surface area contributed by atoms with Crippen molar-refractivity contribution in [3.8, 4) is 5.75 Å². The molecule has 3 rings (SSSR count). The minimum atomic E-state index is 0.270. The smallest absolute Gasteiger partial charge is 0.115 e.